The van der Waals surface area contributed by atoms with Crippen LogP contribution >= 0.6 is 24.8 Å². The first-order chi connectivity index (χ1) is 9.33. The van der Waals surface area contributed by atoms with E-state index in [1.807, 2.05) is 12.3 Å². The van der Waals surface area contributed by atoms with E-state index in [1.54, 1.807) is 29.4 Å². The largest absolute Gasteiger partial charge is 0.348 e. The van der Waals surface area contributed by atoms with E-state index < -0.39 is 0 Å². The zero-order chi connectivity index (χ0) is 13.1. The third-order valence-electron chi connectivity index (χ3n) is 3.17. The summed E-state index contributed by atoms with van der Waals surface area (Å²) in [7, 11) is 0. The zero-order valence-electron chi connectivity index (χ0n) is 11.2. The summed E-state index contributed by atoms with van der Waals surface area (Å²) < 4.78 is 1.79. The van der Waals surface area contributed by atoms with Gasteiger partial charge in [-0.15, -0.1) is 24.8 Å². The van der Waals surface area contributed by atoms with Crippen molar-refractivity contribution in [3.05, 3.63) is 42.6 Å². The SMILES string of the molecule is Cl.Cl.O=C(NC1CCNC1)c1ccc(-n2ccnc2)nc1. The van der Waals surface area contributed by atoms with Crippen LogP contribution in [0.2, 0.25) is 0 Å². The normalized spacial score (nSPS) is 16.7. The Balaban J connectivity index is 0.00000110. The van der Waals surface area contributed by atoms with Crippen molar-refractivity contribution in [3.8, 4) is 5.82 Å². The molecule has 1 aliphatic heterocycles. The van der Waals surface area contributed by atoms with Crippen LogP contribution in [0, 0.1) is 0 Å². The first kappa shape index (κ1) is 17.4. The summed E-state index contributed by atoms with van der Waals surface area (Å²) in [4.78, 5) is 20.2. The van der Waals surface area contributed by atoms with Gasteiger partial charge >= 0.3 is 0 Å². The van der Waals surface area contributed by atoms with Crippen molar-refractivity contribution in [1.29, 1.82) is 0 Å². The molecule has 6 nitrogen and oxygen atoms in total. The lowest BCUT2D eigenvalue weighted by molar-refractivity contribution is 0.0939. The molecule has 1 saturated heterocycles. The molecule has 0 radical (unpaired) electrons. The Morgan fingerprint density at radius 3 is 2.81 bits per heavy atom. The summed E-state index contributed by atoms with van der Waals surface area (Å²) in [6.07, 6.45) is 7.74. The standard InChI is InChI=1S/C13H15N5O.2ClH/c19-13(17-11-3-4-14-8-11)10-1-2-12(16-7-10)18-6-5-15-9-18;;/h1-2,5-7,9,11,14H,3-4,8H2,(H,17,19);2*1H. The molecular weight excluding hydrogens is 313 g/mol. The molecule has 8 heteroatoms. The molecule has 21 heavy (non-hydrogen) atoms. The van der Waals surface area contributed by atoms with Crippen LogP contribution in [0.25, 0.3) is 5.82 Å². The highest BCUT2D eigenvalue weighted by molar-refractivity contribution is 5.94. The smallest absolute Gasteiger partial charge is 0.253 e. The van der Waals surface area contributed by atoms with E-state index in [0.29, 0.717) is 5.56 Å². The van der Waals surface area contributed by atoms with Gasteiger partial charge in [-0.2, -0.15) is 0 Å². The minimum atomic E-state index is -0.0709. The van der Waals surface area contributed by atoms with Gasteiger partial charge < -0.3 is 10.6 Å². The van der Waals surface area contributed by atoms with Crippen molar-refractivity contribution in [3.63, 3.8) is 0 Å². The lowest BCUT2D eigenvalue weighted by atomic mass is 10.2. The van der Waals surface area contributed by atoms with Crippen LogP contribution in [-0.4, -0.2) is 39.6 Å². The van der Waals surface area contributed by atoms with E-state index in [0.717, 1.165) is 25.3 Å². The van der Waals surface area contributed by atoms with Crippen molar-refractivity contribution >= 4 is 30.7 Å². The second-order valence-corrected chi connectivity index (χ2v) is 4.54. The molecule has 2 aromatic heterocycles. The number of nitrogens with zero attached hydrogens (tertiary/aromatic N) is 3. The molecule has 0 spiro atoms. The third-order valence-corrected chi connectivity index (χ3v) is 3.17. The van der Waals surface area contributed by atoms with E-state index in [9.17, 15) is 4.79 Å². The van der Waals surface area contributed by atoms with Crippen LogP contribution in [0.5, 0.6) is 0 Å². The summed E-state index contributed by atoms with van der Waals surface area (Å²) in [5, 5.41) is 6.20. The molecule has 2 N–H and O–H groups in total. The number of rotatable bonds is 3. The monoisotopic (exact) mass is 329 g/mol. The fourth-order valence-corrected chi connectivity index (χ4v) is 2.11. The molecule has 3 rings (SSSR count). The lowest BCUT2D eigenvalue weighted by Crippen LogP contribution is -2.36. The Hall–Kier alpha value is -1.63. The predicted octanol–water partition coefficient (Wildman–Crippen LogP) is 1.20. The molecule has 0 aromatic carbocycles. The molecule has 1 amide bonds. The van der Waals surface area contributed by atoms with Crippen LogP contribution in [0.4, 0.5) is 0 Å². The molecule has 1 atom stereocenters. The van der Waals surface area contributed by atoms with Crippen LogP contribution in [-0.2, 0) is 0 Å². The maximum atomic E-state index is 12.0. The molecule has 2 aromatic rings. The minimum absolute atomic E-state index is 0. The fourth-order valence-electron chi connectivity index (χ4n) is 2.11. The molecule has 1 aliphatic rings. The third kappa shape index (κ3) is 4.17. The van der Waals surface area contributed by atoms with Crippen molar-refractivity contribution < 1.29 is 4.79 Å². The molecular formula is C13H17Cl2N5O. The predicted molar refractivity (Wildman–Crippen MR) is 84.6 cm³/mol. The number of carbonyl (C=O) groups is 1. The Morgan fingerprint density at radius 2 is 2.24 bits per heavy atom. The van der Waals surface area contributed by atoms with Gasteiger partial charge in [-0.25, -0.2) is 9.97 Å². The van der Waals surface area contributed by atoms with E-state index in [-0.39, 0.29) is 36.8 Å². The number of nitrogens with one attached hydrogen (secondary N) is 2. The Bertz CT molecular complexity index is 552. The van der Waals surface area contributed by atoms with Gasteiger partial charge in [-0.05, 0) is 25.1 Å². The van der Waals surface area contributed by atoms with Crippen LogP contribution < -0.4 is 10.6 Å². The minimum Gasteiger partial charge on any atom is -0.348 e. The van der Waals surface area contributed by atoms with Gasteiger partial charge in [0.25, 0.3) is 5.91 Å². The van der Waals surface area contributed by atoms with Crippen molar-refractivity contribution in [2.24, 2.45) is 0 Å². The topological polar surface area (TPSA) is 71.8 Å². The van der Waals surface area contributed by atoms with Crippen molar-refractivity contribution in [2.75, 3.05) is 13.1 Å². The van der Waals surface area contributed by atoms with E-state index in [4.69, 9.17) is 0 Å². The average molecular weight is 330 g/mol. The maximum absolute atomic E-state index is 12.0. The van der Waals surface area contributed by atoms with E-state index >= 15 is 0 Å². The number of halogens is 2. The number of carbonyl (C=O) groups excluding carboxylic acids is 1. The summed E-state index contributed by atoms with van der Waals surface area (Å²) in [6.45, 7) is 1.80. The highest BCUT2D eigenvalue weighted by Crippen LogP contribution is 2.06. The number of hydrogen-bond donors (Lipinski definition) is 2. The number of imidazole rings is 1. The van der Waals surface area contributed by atoms with E-state index in [1.165, 1.54) is 0 Å². The summed E-state index contributed by atoms with van der Waals surface area (Å²) in [5.74, 6) is 0.676. The van der Waals surface area contributed by atoms with Crippen LogP contribution in [0.3, 0.4) is 0 Å². The van der Waals surface area contributed by atoms with Gasteiger partial charge in [-0.1, -0.05) is 0 Å². The number of amides is 1. The van der Waals surface area contributed by atoms with E-state index in [2.05, 4.69) is 20.6 Å². The Morgan fingerprint density at radius 1 is 1.38 bits per heavy atom. The van der Waals surface area contributed by atoms with Crippen molar-refractivity contribution in [2.45, 2.75) is 12.5 Å². The summed E-state index contributed by atoms with van der Waals surface area (Å²) in [6, 6.07) is 3.81. The molecule has 3 heterocycles. The van der Waals surface area contributed by atoms with Gasteiger partial charge in [0.2, 0.25) is 0 Å². The number of aromatic nitrogens is 3. The molecule has 0 aliphatic carbocycles. The van der Waals surface area contributed by atoms with Crippen LogP contribution in [0.15, 0.2) is 37.1 Å². The quantitative estimate of drug-likeness (QED) is 0.887. The molecule has 0 bridgehead atoms. The molecule has 1 fully saturated rings. The molecule has 0 saturated carbocycles. The number of hydrogen-bond acceptors (Lipinski definition) is 4. The summed E-state index contributed by atoms with van der Waals surface area (Å²) in [5.41, 5.74) is 0.579. The maximum Gasteiger partial charge on any atom is 0.253 e. The second-order valence-electron chi connectivity index (χ2n) is 4.54. The Kier molecular flexibility index (Phi) is 6.61. The second kappa shape index (κ2) is 7.97. The van der Waals surface area contributed by atoms with Gasteiger partial charge in [0, 0.05) is 31.2 Å². The average Bonchev–Trinajstić information content (AvgIpc) is 3.12. The van der Waals surface area contributed by atoms with Gasteiger partial charge in [-0.3, -0.25) is 9.36 Å². The van der Waals surface area contributed by atoms with Gasteiger partial charge in [0.05, 0.1) is 5.56 Å². The zero-order valence-corrected chi connectivity index (χ0v) is 12.9. The Labute approximate surface area is 135 Å². The highest BCUT2D eigenvalue weighted by atomic mass is 35.5. The first-order valence-electron chi connectivity index (χ1n) is 6.29. The first-order valence-corrected chi connectivity index (χ1v) is 6.29. The van der Waals surface area contributed by atoms with Gasteiger partial charge in [0.15, 0.2) is 0 Å². The summed E-state index contributed by atoms with van der Waals surface area (Å²) >= 11 is 0. The van der Waals surface area contributed by atoms with Crippen LogP contribution in [0.1, 0.15) is 16.8 Å². The molecule has 114 valence electrons. The fraction of sp³-hybridized carbons (Fsp3) is 0.308. The number of pyridine rings is 1. The molecule has 1 unspecified atom stereocenters. The van der Waals surface area contributed by atoms with Gasteiger partial charge in [0.1, 0.15) is 12.1 Å². The lowest BCUT2D eigenvalue weighted by Gasteiger charge is -2.11. The van der Waals surface area contributed by atoms with Crippen molar-refractivity contribution in [1.82, 2.24) is 25.2 Å². The highest BCUT2D eigenvalue weighted by Gasteiger charge is 2.17.